The third kappa shape index (κ3) is 3.04. The van der Waals surface area contributed by atoms with Crippen LogP contribution in [-0.4, -0.2) is 29.1 Å². The fourth-order valence-electron chi connectivity index (χ4n) is 4.34. The summed E-state index contributed by atoms with van der Waals surface area (Å²) in [6.45, 7) is 10.8. The van der Waals surface area contributed by atoms with Crippen LogP contribution in [0.2, 0.25) is 0 Å². The number of likely N-dealkylation sites (tertiary alicyclic amines) is 1. The van der Waals surface area contributed by atoms with Gasteiger partial charge in [-0.15, -0.1) is 0 Å². The standard InChI is InChI=1S/C18H31N3/c1-4-8-20-9-5-14(6-10-20)21-11-7-15-16(19)12-18(2,3)13-17(15)21/h7,11,14,16H,4-6,8-10,12-13,19H2,1-3H3. The fraction of sp³-hybridized carbons (Fsp3) is 0.778. The zero-order chi connectivity index (χ0) is 15.0. The highest BCUT2D eigenvalue weighted by atomic mass is 15.1. The largest absolute Gasteiger partial charge is 0.348 e. The second-order valence-electron chi connectivity index (χ2n) is 7.85. The molecule has 1 aliphatic carbocycles. The first-order valence-electron chi connectivity index (χ1n) is 8.68. The predicted octanol–water partition coefficient (Wildman–Crippen LogP) is 3.51. The average Bonchev–Trinajstić information content (AvgIpc) is 2.82. The van der Waals surface area contributed by atoms with Crippen molar-refractivity contribution >= 4 is 0 Å². The van der Waals surface area contributed by atoms with Crippen LogP contribution in [0.15, 0.2) is 12.3 Å². The van der Waals surface area contributed by atoms with Crippen molar-refractivity contribution in [1.82, 2.24) is 9.47 Å². The van der Waals surface area contributed by atoms with E-state index >= 15 is 0 Å². The van der Waals surface area contributed by atoms with Gasteiger partial charge in [-0.3, -0.25) is 0 Å². The van der Waals surface area contributed by atoms with Crippen LogP contribution in [0.1, 0.15) is 69.8 Å². The molecule has 1 aliphatic heterocycles. The molecule has 1 aromatic rings. The molecule has 0 saturated carbocycles. The average molecular weight is 289 g/mol. The van der Waals surface area contributed by atoms with Gasteiger partial charge in [-0.1, -0.05) is 20.8 Å². The van der Waals surface area contributed by atoms with E-state index in [-0.39, 0.29) is 6.04 Å². The minimum absolute atomic E-state index is 0.227. The fourth-order valence-corrected chi connectivity index (χ4v) is 4.34. The van der Waals surface area contributed by atoms with Crippen LogP contribution in [0.5, 0.6) is 0 Å². The summed E-state index contributed by atoms with van der Waals surface area (Å²) in [6, 6.07) is 3.20. The summed E-state index contributed by atoms with van der Waals surface area (Å²) in [5, 5.41) is 0. The first-order chi connectivity index (χ1) is 10.00. The maximum absolute atomic E-state index is 6.40. The van der Waals surface area contributed by atoms with E-state index in [0.717, 1.165) is 6.42 Å². The molecule has 2 heterocycles. The molecule has 0 bridgehead atoms. The number of aromatic nitrogens is 1. The quantitative estimate of drug-likeness (QED) is 0.924. The first-order valence-corrected chi connectivity index (χ1v) is 8.68. The van der Waals surface area contributed by atoms with E-state index in [1.807, 2.05) is 0 Å². The van der Waals surface area contributed by atoms with Gasteiger partial charge in [0.2, 0.25) is 0 Å². The maximum atomic E-state index is 6.40. The molecular weight excluding hydrogens is 258 g/mol. The number of piperidine rings is 1. The molecule has 2 aliphatic rings. The van der Waals surface area contributed by atoms with Crippen molar-refractivity contribution in [3.63, 3.8) is 0 Å². The minimum atomic E-state index is 0.227. The maximum Gasteiger partial charge on any atom is 0.0357 e. The molecule has 2 N–H and O–H groups in total. The monoisotopic (exact) mass is 289 g/mol. The van der Waals surface area contributed by atoms with Crippen molar-refractivity contribution in [1.29, 1.82) is 0 Å². The lowest BCUT2D eigenvalue weighted by Gasteiger charge is -2.38. The number of nitrogens with zero attached hydrogens (tertiary/aromatic N) is 2. The van der Waals surface area contributed by atoms with Gasteiger partial charge in [0.25, 0.3) is 0 Å². The highest BCUT2D eigenvalue weighted by Crippen LogP contribution is 2.41. The van der Waals surface area contributed by atoms with Crippen LogP contribution < -0.4 is 5.73 Å². The normalized spacial score (nSPS) is 26.8. The van der Waals surface area contributed by atoms with E-state index in [4.69, 9.17) is 5.73 Å². The van der Waals surface area contributed by atoms with E-state index in [9.17, 15) is 0 Å². The highest BCUT2D eigenvalue weighted by Gasteiger charge is 2.34. The van der Waals surface area contributed by atoms with Gasteiger partial charge in [-0.2, -0.15) is 0 Å². The lowest BCUT2D eigenvalue weighted by Crippen LogP contribution is -2.36. The summed E-state index contributed by atoms with van der Waals surface area (Å²) in [7, 11) is 0. The summed E-state index contributed by atoms with van der Waals surface area (Å²) >= 11 is 0. The number of rotatable bonds is 3. The molecule has 0 amide bonds. The van der Waals surface area contributed by atoms with E-state index in [1.165, 1.54) is 56.6 Å². The Morgan fingerprint density at radius 1 is 1.29 bits per heavy atom. The molecule has 3 heteroatoms. The Morgan fingerprint density at radius 3 is 2.67 bits per heavy atom. The number of hydrogen-bond donors (Lipinski definition) is 1. The van der Waals surface area contributed by atoms with Crippen LogP contribution in [-0.2, 0) is 6.42 Å². The van der Waals surface area contributed by atoms with Gasteiger partial charge in [0, 0.05) is 37.1 Å². The molecule has 1 unspecified atom stereocenters. The van der Waals surface area contributed by atoms with Crippen molar-refractivity contribution in [3.8, 4) is 0 Å². The SMILES string of the molecule is CCCN1CCC(n2ccc3c2CC(C)(C)CC3N)CC1. The molecule has 3 nitrogen and oxygen atoms in total. The minimum Gasteiger partial charge on any atom is -0.348 e. The molecule has 118 valence electrons. The molecule has 0 spiro atoms. The predicted molar refractivity (Wildman–Crippen MR) is 88.5 cm³/mol. The van der Waals surface area contributed by atoms with E-state index < -0.39 is 0 Å². The van der Waals surface area contributed by atoms with Crippen molar-refractivity contribution in [2.75, 3.05) is 19.6 Å². The van der Waals surface area contributed by atoms with Gasteiger partial charge in [0.1, 0.15) is 0 Å². The van der Waals surface area contributed by atoms with E-state index in [1.54, 1.807) is 0 Å². The number of hydrogen-bond acceptors (Lipinski definition) is 2. The second kappa shape index (κ2) is 5.77. The summed E-state index contributed by atoms with van der Waals surface area (Å²) in [4.78, 5) is 2.61. The van der Waals surface area contributed by atoms with Crippen LogP contribution in [0.4, 0.5) is 0 Å². The summed E-state index contributed by atoms with van der Waals surface area (Å²) < 4.78 is 2.57. The van der Waals surface area contributed by atoms with Gasteiger partial charge in [0.05, 0.1) is 0 Å². The second-order valence-corrected chi connectivity index (χ2v) is 7.85. The van der Waals surface area contributed by atoms with Crippen molar-refractivity contribution < 1.29 is 0 Å². The molecule has 0 aromatic carbocycles. The molecule has 1 aromatic heterocycles. The van der Waals surface area contributed by atoms with Crippen LogP contribution in [0, 0.1) is 5.41 Å². The Bertz CT molecular complexity index is 481. The first kappa shape index (κ1) is 15.1. The zero-order valence-corrected chi connectivity index (χ0v) is 13.9. The van der Waals surface area contributed by atoms with Gasteiger partial charge >= 0.3 is 0 Å². The van der Waals surface area contributed by atoms with E-state index in [0.29, 0.717) is 11.5 Å². The Kier molecular flexibility index (Phi) is 4.15. The lowest BCUT2D eigenvalue weighted by atomic mass is 9.74. The zero-order valence-electron chi connectivity index (χ0n) is 13.9. The van der Waals surface area contributed by atoms with Crippen LogP contribution in [0.25, 0.3) is 0 Å². The Balaban J connectivity index is 1.76. The topological polar surface area (TPSA) is 34.2 Å². The van der Waals surface area contributed by atoms with Gasteiger partial charge in [0.15, 0.2) is 0 Å². The molecule has 3 rings (SSSR count). The van der Waals surface area contributed by atoms with Crippen LogP contribution >= 0.6 is 0 Å². The lowest BCUT2D eigenvalue weighted by molar-refractivity contribution is 0.181. The van der Waals surface area contributed by atoms with Gasteiger partial charge in [-0.05, 0) is 55.7 Å². The molecule has 1 fully saturated rings. The van der Waals surface area contributed by atoms with Crippen molar-refractivity contribution in [2.24, 2.45) is 11.1 Å². The van der Waals surface area contributed by atoms with Crippen LogP contribution in [0.3, 0.4) is 0 Å². The highest BCUT2D eigenvalue weighted by molar-refractivity contribution is 5.30. The molecule has 1 atom stereocenters. The molecule has 21 heavy (non-hydrogen) atoms. The Morgan fingerprint density at radius 2 is 2.00 bits per heavy atom. The third-order valence-electron chi connectivity index (χ3n) is 5.37. The molecule has 0 radical (unpaired) electrons. The summed E-state index contributed by atoms with van der Waals surface area (Å²) in [5.74, 6) is 0. The number of nitrogens with two attached hydrogens (primary N) is 1. The Hall–Kier alpha value is -0.800. The van der Waals surface area contributed by atoms with Crippen molar-refractivity contribution in [2.45, 2.75) is 65.0 Å². The Labute approximate surface area is 129 Å². The van der Waals surface area contributed by atoms with Gasteiger partial charge < -0.3 is 15.2 Å². The van der Waals surface area contributed by atoms with E-state index in [2.05, 4.69) is 42.5 Å². The molecule has 1 saturated heterocycles. The number of fused-ring (bicyclic) bond motifs is 1. The van der Waals surface area contributed by atoms with Crippen molar-refractivity contribution in [3.05, 3.63) is 23.5 Å². The third-order valence-corrected chi connectivity index (χ3v) is 5.37. The summed E-state index contributed by atoms with van der Waals surface area (Å²) in [5.41, 5.74) is 9.67. The smallest absolute Gasteiger partial charge is 0.0357 e. The van der Waals surface area contributed by atoms with Gasteiger partial charge in [-0.25, -0.2) is 0 Å². The molecular formula is C18H31N3. The summed E-state index contributed by atoms with van der Waals surface area (Å²) in [6.07, 6.45) is 8.45.